The van der Waals surface area contributed by atoms with E-state index in [0.29, 0.717) is 15.8 Å². The van der Waals surface area contributed by atoms with E-state index in [9.17, 15) is 4.79 Å². The summed E-state index contributed by atoms with van der Waals surface area (Å²) in [6.07, 6.45) is 3.45. The first-order valence-electron chi connectivity index (χ1n) is 7.04. The van der Waals surface area contributed by atoms with Crippen molar-refractivity contribution in [3.8, 4) is 5.75 Å². The summed E-state index contributed by atoms with van der Waals surface area (Å²) >= 11 is 11.9. The number of hydrogen-bond donors (Lipinski definition) is 0. The fraction of sp³-hybridized carbons (Fsp3) is 0.375. The van der Waals surface area contributed by atoms with E-state index in [0.717, 1.165) is 0 Å². The third-order valence-corrected chi connectivity index (χ3v) is 3.74. The summed E-state index contributed by atoms with van der Waals surface area (Å²) in [5.74, 6) is 0.490. The van der Waals surface area contributed by atoms with Crippen molar-refractivity contribution in [1.82, 2.24) is 9.55 Å². The van der Waals surface area contributed by atoms with Crippen LogP contribution in [0.1, 0.15) is 20.8 Å². The molecule has 0 N–H and O–H groups in total. The van der Waals surface area contributed by atoms with Crippen LogP contribution >= 0.6 is 23.2 Å². The highest BCUT2D eigenvalue weighted by atomic mass is 35.5. The summed E-state index contributed by atoms with van der Waals surface area (Å²) in [5, 5.41) is 0.937. The van der Waals surface area contributed by atoms with Crippen LogP contribution in [0.3, 0.4) is 0 Å². The number of carbonyl (C=O) groups excluding carboxylic acids is 1. The Morgan fingerprint density at radius 3 is 2.65 bits per heavy atom. The lowest BCUT2D eigenvalue weighted by Gasteiger charge is -2.30. The Morgan fingerprint density at radius 1 is 1.35 bits per heavy atom. The standard InChI is InChI=1S/C16H18Cl2N2O3/c1-16(2,3)14(23-15(21)20-7-6-19-10-20)9-22-13-5-4-11(17)8-12(13)18/h4-8,10,14H,9H2,1-3H3. The Balaban J connectivity index is 2.06. The molecular formula is C16H18Cl2N2O3. The van der Waals surface area contributed by atoms with Gasteiger partial charge in [0.05, 0.1) is 5.02 Å². The summed E-state index contributed by atoms with van der Waals surface area (Å²) in [7, 11) is 0. The zero-order valence-electron chi connectivity index (χ0n) is 13.1. The zero-order valence-corrected chi connectivity index (χ0v) is 14.6. The molecule has 23 heavy (non-hydrogen) atoms. The van der Waals surface area contributed by atoms with Crippen LogP contribution in [-0.2, 0) is 4.74 Å². The Hall–Kier alpha value is -1.72. The van der Waals surface area contributed by atoms with Crippen LogP contribution in [0.5, 0.6) is 5.75 Å². The molecule has 0 saturated carbocycles. The van der Waals surface area contributed by atoms with Gasteiger partial charge in [-0.15, -0.1) is 0 Å². The van der Waals surface area contributed by atoms with Gasteiger partial charge in [-0.3, -0.25) is 0 Å². The SMILES string of the molecule is CC(C)(C)C(COc1ccc(Cl)cc1Cl)OC(=O)n1ccnc1. The summed E-state index contributed by atoms with van der Waals surface area (Å²) in [6.45, 7) is 6.06. The molecule has 1 atom stereocenters. The first-order valence-corrected chi connectivity index (χ1v) is 7.80. The lowest BCUT2D eigenvalue weighted by Crippen LogP contribution is -2.37. The van der Waals surface area contributed by atoms with Crippen molar-refractivity contribution in [1.29, 1.82) is 0 Å². The van der Waals surface area contributed by atoms with Gasteiger partial charge in [0.25, 0.3) is 0 Å². The largest absolute Gasteiger partial charge is 0.488 e. The highest BCUT2D eigenvalue weighted by molar-refractivity contribution is 6.35. The van der Waals surface area contributed by atoms with Gasteiger partial charge in [0.2, 0.25) is 0 Å². The number of hydrogen-bond acceptors (Lipinski definition) is 4. The first kappa shape index (κ1) is 17.6. The molecule has 1 aromatic carbocycles. The zero-order chi connectivity index (χ0) is 17.0. The Morgan fingerprint density at radius 2 is 2.09 bits per heavy atom. The molecule has 0 amide bonds. The molecular weight excluding hydrogens is 339 g/mol. The number of halogens is 2. The van der Waals surface area contributed by atoms with Crippen molar-refractivity contribution in [3.05, 3.63) is 47.0 Å². The summed E-state index contributed by atoms with van der Waals surface area (Å²) in [6, 6.07) is 4.97. The minimum atomic E-state index is -0.506. The van der Waals surface area contributed by atoms with Crippen LogP contribution < -0.4 is 4.74 Å². The van der Waals surface area contributed by atoms with E-state index in [-0.39, 0.29) is 12.0 Å². The molecule has 1 heterocycles. The Bertz CT molecular complexity index is 666. The maximum atomic E-state index is 12.1. The van der Waals surface area contributed by atoms with E-state index in [1.807, 2.05) is 20.8 Å². The first-order chi connectivity index (χ1) is 10.8. The van der Waals surface area contributed by atoms with Gasteiger partial charge >= 0.3 is 6.09 Å². The minimum Gasteiger partial charge on any atom is -0.488 e. The Kier molecular flexibility index (Phi) is 5.55. The maximum Gasteiger partial charge on any atom is 0.419 e. The lowest BCUT2D eigenvalue weighted by molar-refractivity contribution is 0.00212. The monoisotopic (exact) mass is 356 g/mol. The van der Waals surface area contributed by atoms with Gasteiger partial charge in [0.15, 0.2) is 0 Å². The number of carbonyl (C=O) groups is 1. The number of ether oxygens (including phenoxy) is 2. The van der Waals surface area contributed by atoms with Crippen LogP contribution in [0.25, 0.3) is 0 Å². The second-order valence-corrected chi connectivity index (χ2v) is 6.94. The van der Waals surface area contributed by atoms with E-state index < -0.39 is 12.2 Å². The van der Waals surface area contributed by atoms with Gasteiger partial charge in [-0.25, -0.2) is 14.3 Å². The van der Waals surface area contributed by atoms with Crippen LogP contribution in [0, 0.1) is 5.41 Å². The van der Waals surface area contributed by atoms with E-state index in [2.05, 4.69) is 4.98 Å². The predicted molar refractivity (Wildman–Crippen MR) is 89.3 cm³/mol. The van der Waals surface area contributed by atoms with Crippen LogP contribution in [0.15, 0.2) is 36.9 Å². The molecule has 2 aromatic rings. The van der Waals surface area contributed by atoms with E-state index in [1.54, 1.807) is 18.2 Å². The molecule has 124 valence electrons. The van der Waals surface area contributed by atoms with Gasteiger partial charge in [0, 0.05) is 22.8 Å². The van der Waals surface area contributed by atoms with Crippen molar-refractivity contribution in [3.63, 3.8) is 0 Å². The smallest absolute Gasteiger partial charge is 0.419 e. The second kappa shape index (κ2) is 7.23. The minimum absolute atomic E-state index is 0.172. The van der Waals surface area contributed by atoms with Gasteiger partial charge in [-0.2, -0.15) is 0 Å². The summed E-state index contributed by atoms with van der Waals surface area (Å²) in [5.41, 5.74) is -0.310. The summed E-state index contributed by atoms with van der Waals surface area (Å²) in [4.78, 5) is 15.9. The van der Waals surface area contributed by atoms with Crippen LogP contribution in [-0.4, -0.2) is 28.4 Å². The highest BCUT2D eigenvalue weighted by Gasteiger charge is 2.30. The fourth-order valence-corrected chi connectivity index (χ4v) is 2.23. The topological polar surface area (TPSA) is 53.4 Å². The third-order valence-electron chi connectivity index (χ3n) is 3.21. The number of aromatic nitrogens is 2. The van der Waals surface area contributed by atoms with E-state index in [1.165, 1.54) is 23.3 Å². The maximum absolute atomic E-state index is 12.1. The lowest BCUT2D eigenvalue weighted by atomic mass is 9.89. The van der Waals surface area contributed by atoms with Crippen molar-refractivity contribution < 1.29 is 14.3 Å². The molecule has 0 fully saturated rings. The molecule has 0 radical (unpaired) electrons. The number of imidazole rings is 1. The van der Waals surface area contributed by atoms with E-state index in [4.69, 9.17) is 32.7 Å². The van der Waals surface area contributed by atoms with Gasteiger partial charge in [-0.1, -0.05) is 44.0 Å². The van der Waals surface area contributed by atoms with Gasteiger partial charge in [-0.05, 0) is 18.2 Å². The number of rotatable bonds is 4. The van der Waals surface area contributed by atoms with Crippen molar-refractivity contribution in [2.75, 3.05) is 6.61 Å². The third kappa shape index (κ3) is 4.88. The summed E-state index contributed by atoms with van der Waals surface area (Å²) < 4.78 is 12.5. The molecule has 0 aliphatic rings. The molecule has 0 aliphatic carbocycles. The van der Waals surface area contributed by atoms with Crippen molar-refractivity contribution >= 4 is 29.3 Å². The number of nitrogens with zero attached hydrogens (tertiary/aromatic N) is 2. The average molecular weight is 357 g/mol. The Labute approximate surface area is 145 Å². The molecule has 7 heteroatoms. The average Bonchev–Trinajstić information content (AvgIpc) is 2.97. The van der Waals surface area contributed by atoms with E-state index >= 15 is 0 Å². The molecule has 0 saturated heterocycles. The molecule has 0 spiro atoms. The second-order valence-electron chi connectivity index (χ2n) is 6.09. The highest BCUT2D eigenvalue weighted by Crippen LogP contribution is 2.29. The molecule has 0 aliphatic heterocycles. The molecule has 1 unspecified atom stereocenters. The number of benzene rings is 1. The van der Waals surface area contributed by atoms with Gasteiger partial charge < -0.3 is 9.47 Å². The normalized spacial score (nSPS) is 12.7. The molecule has 1 aromatic heterocycles. The predicted octanol–water partition coefficient (Wildman–Crippen LogP) is 4.67. The van der Waals surface area contributed by atoms with Crippen LogP contribution in [0.4, 0.5) is 4.79 Å². The quantitative estimate of drug-likeness (QED) is 0.798. The van der Waals surface area contributed by atoms with Gasteiger partial charge in [0.1, 0.15) is 24.8 Å². The van der Waals surface area contributed by atoms with Crippen molar-refractivity contribution in [2.24, 2.45) is 5.41 Å². The molecule has 5 nitrogen and oxygen atoms in total. The fourth-order valence-electron chi connectivity index (χ4n) is 1.77. The van der Waals surface area contributed by atoms with Crippen LogP contribution in [0.2, 0.25) is 10.0 Å². The molecule has 2 rings (SSSR count). The van der Waals surface area contributed by atoms with Crippen molar-refractivity contribution in [2.45, 2.75) is 26.9 Å². The molecule has 0 bridgehead atoms.